The number of aliphatic hydroxyl groups excluding tert-OH is 2. The summed E-state index contributed by atoms with van der Waals surface area (Å²) in [7, 11) is 0. The summed E-state index contributed by atoms with van der Waals surface area (Å²) in [5, 5.41) is 23.3. The van der Waals surface area contributed by atoms with E-state index >= 15 is 0 Å². The SMILES string of the molecule is CCCCCC/C=C\CCCCCCCC(=O)OCCCCCCCCCCCCCCCCCCCCCCCCCCCCCCCCCCCCCCCCCC(=O)NC(CO)C(O)CCCCCCCCCCCCCC. The van der Waals surface area contributed by atoms with Crippen LogP contribution in [-0.2, 0) is 14.3 Å². The third-order valence-electron chi connectivity index (χ3n) is 17.8. The van der Waals surface area contributed by atoms with Crippen molar-refractivity contribution >= 4 is 11.9 Å². The molecule has 6 heteroatoms. The molecular formula is C75H147NO5. The first-order valence-electron chi connectivity index (χ1n) is 37.4. The van der Waals surface area contributed by atoms with Gasteiger partial charge in [-0.1, -0.05) is 379 Å². The second kappa shape index (κ2) is 71.1. The maximum Gasteiger partial charge on any atom is 0.305 e. The normalized spacial score (nSPS) is 12.5. The number of carbonyl (C=O) groups is 2. The number of aliphatic hydroxyl groups is 2. The van der Waals surface area contributed by atoms with Crippen LogP contribution < -0.4 is 5.32 Å². The lowest BCUT2D eigenvalue weighted by molar-refractivity contribution is -0.143. The quantitative estimate of drug-likeness (QED) is 0.0320. The zero-order valence-corrected chi connectivity index (χ0v) is 55.3. The highest BCUT2D eigenvalue weighted by Crippen LogP contribution is 2.20. The van der Waals surface area contributed by atoms with E-state index in [1.165, 1.54) is 353 Å². The van der Waals surface area contributed by atoms with E-state index in [0.717, 1.165) is 44.9 Å². The van der Waals surface area contributed by atoms with Gasteiger partial charge in [-0.3, -0.25) is 9.59 Å². The molecule has 0 saturated heterocycles. The molecule has 0 heterocycles. The Hall–Kier alpha value is -1.40. The molecule has 0 aliphatic heterocycles. The van der Waals surface area contributed by atoms with E-state index < -0.39 is 12.1 Å². The molecule has 0 saturated carbocycles. The predicted molar refractivity (Wildman–Crippen MR) is 357 cm³/mol. The molecule has 0 bridgehead atoms. The summed E-state index contributed by atoms with van der Waals surface area (Å²) < 4.78 is 5.49. The van der Waals surface area contributed by atoms with Crippen LogP contribution in [0.5, 0.6) is 0 Å². The average Bonchev–Trinajstić information content (AvgIpc) is 3.47. The number of esters is 1. The van der Waals surface area contributed by atoms with E-state index in [0.29, 0.717) is 25.9 Å². The Kier molecular flexibility index (Phi) is 69.9. The largest absolute Gasteiger partial charge is 0.466 e. The number of ether oxygens (including phenoxy) is 1. The van der Waals surface area contributed by atoms with Gasteiger partial charge in [0.1, 0.15) is 0 Å². The number of hydrogen-bond donors (Lipinski definition) is 3. The van der Waals surface area contributed by atoms with Crippen LogP contribution in [0.3, 0.4) is 0 Å². The number of allylic oxidation sites excluding steroid dienone is 2. The molecule has 2 atom stereocenters. The molecule has 482 valence electrons. The van der Waals surface area contributed by atoms with Gasteiger partial charge in [0.05, 0.1) is 25.4 Å². The average molecular weight is 1140 g/mol. The van der Waals surface area contributed by atoms with Crippen LogP contribution in [-0.4, -0.2) is 47.4 Å². The van der Waals surface area contributed by atoms with Gasteiger partial charge in [-0.05, 0) is 51.4 Å². The van der Waals surface area contributed by atoms with Gasteiger partial charge in [-0.25, -0.2) is 0 Å². The van der Waals surface area contributed by atoms with Gasteiger partial charge < -0.3 is 20.3 Å². The van der Waals surface area contributed by atoms with Crippen LogP contribution in [0, 0.1) is 0 Å². The molecule has 1 amide bonds. The van der Waals surface area contributed by atoms with Crippen LogP contribution in [0.15, 0.2) is 12.2 Å². The van der Waals surface area contributed by atoms with Gasteiger partial charge in [0, 0.05) is 12.8 Å². The van der Waals surface area contributed by atoms with Crippen LogP contribution in [0.4, 0.5) is 0 Å². The summed E-state index contributed by atoms with van der Waals surface area (Å²) >= 11 is 0. The minimum Gasteiger partial charge on any atom is -0.466 e. The van der Waals surface area contributed by atoms with Crippen molar-refractivity contribution in [2.75, 3.05) is 13.2 Å². The van der Waals surface area contributed by atoms with E-state index in [2.05, 4.69) is 31.3 Å². The summed E-state index contributed by atoms with van der Waals surface area (Å²) in [6, 6.07) is -0.535. The summed E-state index contributed by atoms with van der Waals surface area (Å²) in [6.07, 6.45) is 88.8. The zero-order chi connectivity index (χ0) is 58.5. The Morgan fingerprint density at radius 3 is 0.889 bits per heavy atom. The fraction of sp³-hybridized carbons (Fsp3) is 0.947. The first-order chi connectivity index (χ1) is 40.0. The fourth-order valence-electron chi connectivity index (χ4n) is 12.1. The molecule has 6 nitrogen and oxygen atoms in total. The molecule has 2 unspecified atom stereocenters. The van der Waals surface area contributed by atoms with Crippen molar-refractivity contribution in [1.29, 1.82) is 0 Å². The molecule has 0 spiro atoms. The van der Waals surface area contributed by atoms with E-state index in [-0.39, 0.29) is 18.5 Å². The molecule has 81 heavy (non-hydrogen) atoms. The highest BCUT2D eigenvalue weighted by molar-refractivity contribution is 5.76. The van der Waals surface area contributed by atoms with E-state index in [1.54, 1.807) is 0 Å². The molecule has 0 aromatic carbocycles. The smallest absolute Gasteiger partial charge is 0.305 e. The van der Waals surface area contributed by atoms with Gasteiger partial charge >= 0.3 is 5.97 Å². The van der Waals surface area contributed by atoms with Crippen LogP contribution in [0.25, 0.3) is 0 Å². The molecule has 0 radical (unpaired) electrons. The Labute approximate surface area is 508 Å². The maximum absolute atomic E-state index is 12.5. The number of hydrogen-bond acceptors (Lipinski definition) is 5. The topological polar surface area (TPSA) is 95.9 Å². The molecule has 0 aromatic rings. The van der Waals surface area contributed by atoms with Crippen LogP contribution in [0.1, 0.15) is 431 Å². The fourth-order valence-corrected chi connectivity index (χ4v) is 12.1. The van der Waals surface area contributed by atoms with E-state index in [1.807, 2.05) is 0 Å². The lowest BCUT2D eigenvalue weighted by Crippen LogP contribution is -2.45. The van der Waals surface area contributed by atoms with Gasteiger partial charge in [0.2, 0.25) is 5.91 Å². The maximum atomic E-state index is 12.5. The molecule has 0 aliphatic carbocycles. The van der Waals surface area contributed by atoms with Crippen molar-refractivity contribution < 1.29 is 24.5 Å². The second-order valence-corrected chi connectivity index (χ2v) is 26.0. The monoisotopic (exact) mass is 1140 g/mol. The summed E-state index contributed by atoms with van der Waals surface area (Å²) in [5.74, 6) is -0.0112. The summed E-state index contributed by atoms with van der Waals surface area (Å²) in [4.78, 5) is 24.5. The third kappa shape index (κ3) is 67.6. The van der Waals surface area contributed by atoms with Gasteiger partial charge in [0.25, 0.3) is 0 Å². The van der Waals surface area contributed by atoms with Crippen LogP contribution in [0.2, 0.25) is 0 Å². The van der Waals surface area contributed by atoms with Crippen molar-refractivity contribution in [3.8, 4) is 0 Å². The minimum atomic E-state index is -0.658. The van der Waals surface area contributed by atoms with Gasteiger partial charge in [-0.2, -0.15) is 0 Å². The second-order valence-electron chi connectivity index (χ2n) is 26.0. The molecule has 0 aliphatic rings. The molecule has 0 fully saturated rings. The Morgan fingerprint density at radius 1 is 0.333 bits per heavy atom. The van der Waals surface area contributed by atoms with Crippen molar-refractivity contribution in [2.24, 2.45) is 0 Å². The van der Waals surface area contributed by atoms with Crippen molar-refractivity contribution in [2.45, 2.75) is 443 Å². The standard InChI is InChI=1S/C75H147NO5/c1-3-5-7-9-11-13-15-44-49-53-57-61-65-69-75(80)81-70-66-62-58-54-50-46-43-41-39-37-35-33-31-29-27-25-23-21-19-17-18-20-22-24-26-28-30-32-34-36-38-40-42-45-48-52-56-60-64-68-74(79)76-72(71-77)73(78)67-63-59-55-51-47-16-14-12-10-8-6-4-2/h13,15,72-73,77-78H,3-12,14,16-71H2,1-2H3,(H,76,79)/b15-13-. The van der Waals surface area contributed by atoms with Crippen molar-refractivity contribution in [3.05, 3.63) is 12.2 Å². The summed E-state index contributed by atoms with van der Waals surface area (Å²) in [5.41, 5.74) is 0. The Bertz CT molecular complexity index is 1220. The van der Waals surface area contributed by atoms with Gasteiger partial charge in [0.15, 0.2) is 0 Å². The van der Waals surface area contributed by atoms with Crippen molar-refractivity contribution in [3.63, 3.8) is 0 Å². The number of unbranched alkanes of at least 4 members (excludes halogenated alkanes) is 58. The lowest BCUT2D eigenvalue weighted by atomic mass is 10.0. The number of rotatable bonds is 71. The minimum absolute atomic E-state index is 0.0155. The van der Waals surface area contributed by atoms with Crippen LogP contribution >= 0.6 is 0 Å². The number of nitrogens with one attached hydrogen (secondary N) is 1. The first-order valence-corrected chi connectivity index (χ1v) is 37.4. The molecule has 0 rings (SSSR count). The number of carbonyl (C=O) groups excluding carboxylic acids is 2. The number of amides is 1. The van der Waals surface area contributed by atoms with Crippen molar-refractivity contribution in [1.82, 2.24) is 5.32 Å². The Morgan fingerprint density at radius 2 is 0.580 bits per heavy atom. The third-order valence-corrected chi connectivity index (χ3v) is 17.8. The zero-order valence-electron chi connectivity index (χ0n) is 55.3. The first kappa shape index (κ1) is 79.6. The van der Waals surface area contributed by atoms with E-state index in [4.69, 9.17) is 4.74 Å². The van der Waals surface area contributed by atoms with Gasteiger partial charge in [-0.15, -0.1) is 0 Å². The highest BCUT2D eigenvalue weighted by Gasteiger charge is 2.20. The molecule has 3 N–H and O–H groups in total. The van der Waals surface area contributed by atoms with E-state index in [9.17, 15) is 19.8 Å². The Balaban J connectivity index is 3.27. The molecule has 0 aromatic heterocycles. The lowest BCUT2D eigenvalue weighted by Gasteiger charge is -2.22. The predicted octanol–water partition coefficient (Wildman–Crippen LogP) is 24.3. The highest BCUT2D eigenvalue weighted by atomic mass is 16.5. The summed E-state index contributed by atoms with van der Waals surface area (Å²) in [6.45, 7) is 4.97. The molecular weight excluding hydrogens is 995 g/mol.